The molecule has 0 spiro atoms. The van der Waals surface area contributed by atoms with Crippen molar-refractivity contribution in [3.8, 4) is 0 Å². The van der Waals surface area contributed by atoms with Gasteiger partial charge in [-0.2, -0.15) is 0 Å². The first-order chi connectivity index (χ1) is 5.75. The minimum atomic E-state index is 0.513. The Hall–Kier alpha value is -0.730. The Kier molecular flexibility index (Phi) is 3.38. The molecule has 0 amide bonds. The van der Waals surface area contributed by atoms with Crippen molar-refractivity contribution in [1.29, 1.82) is 0 Å². The molecule has 2 nitrogen and oxygen atoms in total. The van der Waals surface area contributed by atoms with Crippen LogP contribution in [0.15, 0.2) is 23.2 Å². The Morgan fingerprint density at radius 3 is 2.83 bits per heavy atom. The van der Waals surface area contributed by atoms with Crippen LogP contribution in [0.2, 0.25) is 10.0 Å². The lowest BCUT2D eigenvalue weighted by molar-refractivity contribution is 1.46. The van der Waals surface area contributed by atoms with Crippen LogP contribution in [0.25, 0.3) is 0 Å². The number of aliphatic imine (C=N–C) groups is 1. The number of nitrogens with zero attached hydrogens (tertiary/aromatic N) is 1. The van der Waals surface area contributed by atoms with Gasteiger partial charge in [-0.05, 0) is 12.1 Å². The highest BCUT2D eigenvalue weighted by molar-refractivity contribution is 6.43. The van der Waals surface area contributed by atoms with Gasteiger partial charge in [0, 0.05) is 7.05 Å². The molecule has 0 radical (unpaired) electrons. The maximum absolute atomic E-state index is 5.87. The van der Waals surface area contributed by atoms with Crippen molar-refractivity contribution >= 4 is 35.2 Å². The second kappa shape index (κ2) is 4.33. The molecule has 1 N–H and O–H groups in total. The van der Waals surface area contributed by atoms with Gasteiger partial charge in [-0.3, -0.25) is 4.99 Å². The Morgan fingerprint density at radius 2 is 2.17 bits per heavy atom. The molecule has 0 heterocycles. The zero-order chi connectivity index (χ0) is 8.97. The average Bonchev–Trinajstić information content (AvgIpc) is 2.08. The van der Waals surface area contributed by atoms with E-state index in [4.69, 9.17) is 23.2 Å². The van der Waals surface area contributed by atoms with Gasteiger partial charge in [-0.25, -0.2) is 0 Å². The summed E-state index contributed by atoms with van der Waals surface area (Å²) in [5.41, 5.74) is 0.759. The molecule has 0 aliphatic carbocycles. The SMILES string of the molecule is CN=CNc1cccc(Cl)c1Cl. The average molecular weight is 203 g/mol. The van der Waals surface area contributed by atoms with Crippen LogP contribution in [0, 0.1) is 0 Å². The van der Waals surface area contributed by atoms with E-state index in [9.17, 15) is 0 Å². The maximum Gasteiger partial charge on any atom is 0.0864 e. The van der Waals surface area contributed by atoms with E-state index < -0.39 is 0 Å². The predicted octanol–water partition coefficient (Wildman–Crippen LogP) is 3.06. The molecular formula is C8H8Cl2N2. The fraction of sp³-hybridized carbons (Fsp3) is 0.125. The molecule has 0 bridgehead atoms. The summed E-state index contributed by atoms with van der Waals surface area (Å²) in [6.45, 7) is 0. The van der Waals surface area contributed by atoms with Crippen molar-refractivity contribution in [3.63, 3.8) is 0 Å². The number of anilines is 1. The molecule has 0 unspecified atom stereocenters. The fourth-order valence-corrected chi connectivity index (χ4v) is 1.10. The summed E-state index contributed by atoms with van der Waals surface area (Å²) in [5.74, 6) is 0. The van der Waals surface area contributed by atoms with E-state index in [1.54, 1.807) is 19.5 Å². The van der Waals surface area contributed by atoms with Crippen LogP contribution in [0.1, 0.15) is 0 Å². The molecule has 1 aromatic rings. The molecule has 0 aromatic heterocycles. The van der Waals surface area contributed by atoms with Crippen LogP contribution in [0.3, 0.4) is 0 Å². The largest absolute Gasteiger partial charge is 0.345 e. The van der Waals surface area contributed by atoms with E-state index in [1.165, 1.54) is 0 Å². The molecular weight excluding hydrogens is 195 g/mol. The second-order valence-electron chi connectivity index (χ2n) is 2.13. The summed E-state index contributed by atoms with van der Waals surface area (Å²) in [5, 5.41) is 3.94. The van der Waals surface area contributed by atoms with E-state index in [2.05, 4.69) is 10.3 Å². The minimum absolute atomic E-state index is 0.513. The fourth-order valence-electron chi connectivity index (χ4n) is 0.749. The molecule has 0 fully saturated rings. The van der Waals surface area contributed by atoms with Crippen LogP contribution in [-0.4, -0.2) is 13.4 Å². The van der Waals surface area contributed by atoms with E-state index in [0.717, 1.165) is 5.69 Å². The smallest absolute Gasteiger partial charge is 0.0864 e. The number of hydrogen-bond donors (Lipinski definition) is 1. The van der Waals surface area contributed by atoms with E-state index >= 15 is 0 Å². The van der Waals surface area contributed by atoms with Gasteiger partial charge in [-0.15, -0.1) is 0 Å². The van der Waals surface area contributed by atoms with Crippen molar-refractivity contribution in [3.05, 3.63) is 28.2 Å². The standard InChI is InChI=1S/C8H8Cl2N2/c1-11-5-12-7-4-2-3-6(9)8(7)10/h2-5H,1H3,(H,11,12). The van der Waals surface area contributed by atoms with Gasteiger partial charge in [0.25, 0.3) is 0 Å². The Morgan fingerprint density at radius 1 is 1.42 bits per heavy atom. The predicted molar refractivity (Wildman–Crippen MR) is 54.5 cm³/mol. The Bertz CT molecular complexity index is 297. The highest BCUT2D eigenvalue weighted by Gasteiger charge is 2.01. The summed E-state index contributed by atoms with van der Waals surface area (Å²) >= 11 is 11.6. The van der Waals surface area contributed by atoms with Crippen LogP contribution >= 0.6 is 23.2 Å². The van der Waals surface area contributed by atoms with Gasteiger partial charge < -0.3 is 5.32 Å². The first-order valence-electron chi connectivity index (χ1n) is 3.37. The van der Waals surface area contributed by atoms with Crippen molar-refractivity contribution in [2.45, 2.75) is 0 Å². The molecule has 1 rings (SSSR count). The molecule has 1 aromatic carbocycles. The zero-order valence-corrected chi connectivity index (χ0v) is 8.02. The molecule has 64 valence electrons. The van der Waals surface area contributed by atoms with Crippen molar-refractivity contribution < 1.29 is 0 Å². The first-order valence-corrected chi connectivity index (χ1v) is 4.12. The van der Waals surface area contributed by atoms with E-state index in [-0.39, 0.29) is 0 Å². The monoisotopic (exact) mass is 202 g/mol. The lowest BCUT2D eigenvalue weighted by Crippen LogP contribution is -1.94. The van der Waals surface area contributed by atoms with Crippen LogP contribution < -0.4 is 5.32 Å². The van der Waals surface area contributed by atoms with Gasteiger partial charge in [0.1, 0.15) is 0 Å². The van der Waals surface area contributed by atoms with Gasteiger partial charge in [-0.1, -0.05) is 29.3 Å². The van der Waals surface area contributed by atoms with Gasteiger partial charge in [0.05, 0.1) is 22.1 Å². The normalized spacial score (nSPS) is 10.6. The third-order valence-electron chi connectivity index (χ3n) is 1.30. The minimum Gasteiger partial charge on any atom is -0.345 e. The maximum atomic E-state index is 5.87. The quantitative estimate of drug-likeness (QED) is 0.579. The summed E-state index contributed by atoms with van der Waals surface area (Å²) in [7, 11) is 1.67. The van der Waals surface area contributed by atoms with E-state index in [1.807, 2.05) is 12.1 Å². The van der Waals surface area contributed by atoms with Crippen molar-refractivity contribution in [2.24, 2.45) is 4.99 Å². The third-order valence-corrected chi connectivity index (χ3v) is 2.12. The van der Waals surface area contributed by atoms with Crippen LogP contribution in [-0.2, 0) is 0 Å². The van der Waals surface area contributed by atoms with Gasteiger partial charge in [0.15, 0.2) is 0 Å². The van der Waals surface area contributed by atoms with Gasteiger partial charge >= 0.3 is 0 Å². The lowest BCUT2D eigenvalue weighted by atomic mass is 10.3. The lowest BCUT2D eigenvalue weighted by Gasteiger charge is -2.03. The molecule has 12 heavy (non-hydrogen) atoms. The van der Waals surface area contributed by atoms with Crippen molar-refractivity contribution in [2.75, 3.05) is 12.4 Å². The summed E-state index contributed by atoms with van der Waals surface area (Å²) < 4.78 is 0. The topological polar surface area (TPSA) is 24.4 Å². The summed E-state index contributed by atoms with van der Waals surface area (Å²) in [4.78, 5) is 3.76. The molecule has 0 atom stereocenters. The zero-order valence-electron chi connectivity index (χ0n) is 6.51. The highest BCUT2D eigenvalue weighted by Crippen LogP contribution is 2.28. The van der Waals surface area contributed by atoms with Crippen LogP contribution in [0.5, 0.6) is 0 Å². The molecule has 0 saturated heterocycles. The van der Waals surface area contributed by atoms with Crippen molar-refractivity contribution in [1.82, 2.24) is 0 Å². The summed E-state index contributed by atoms with van der Waals surface area (Å²) in [6, 6.07) is 5.38. The van der Waals surface area contributed by atoms with Crippen LogP contribution in [0.4, 0.5) is 5.69 Å². The number of hydrogen-bond acceptors (Lipinski definition) is 1. The highest BCUT2D eigenvalue weighted by atomic mass is 35.5. The summed E-state index contributed by atoms with van der Waals surface area (Å²) in [6.07, 6.45) is 1.55. The molecule has 0 saturated carbocycles. The Labute approximate surface area is 81.2 Å². The number of halogens is 2. The second-order valence-corrected chi connectivity index (χ2v) is 2.92. The Balaban J connectivity index is 2.92. The number of benzene rings is 1. The first kappa shape index (κ1) is 9.36. The molecule has 4 heteroatoms. The number of nitrogens with one attached hydrogen (secondary N) is 1. The molecule has 0 aliphatic rings. The van der Waals surface area contributed by atoms with Gasteiger partial charge in [0.2, 0.25) is 0 Å². The van der Waals surface area contributed by atoms with E-state index in [0.29, 0.717) is 10.0 Å². The number of rotatable bonds is 2. The third kappa shape index (κ3) is 2.13. The molecule has 0 aliphatic heterocycles.